The zero-order valence-corrected chi connectivity index (χ0v) is 17.2. The second-order valence-corrected chi connectivity index (χ2v) is 8.94. The number of carbonyl (C=O) groups is 4. The van der Waals surface area contributed by atoms with E-state index in [0.29, 0.717) is 4.90 Å². The van der Waals surface area contributed by atoms with E-state index in [4.69, 9.17) is 5.11 Å². The van der Waals surface area contributed by atoms with Gasteiger partial charge in [0.15, 0.2) is 0 Å². The molecular weight excluding hydrogens is 454 g/mol. The van der Waals surface area contributed by atoms with Gasteiger partial charge in [0.2, 0.25) is 9.84 Å². The summed E-state index contributed by atoms with van der Waals surface area (Å²) < 4.78 is 25.9. The Hall–Kier alpha value is -4.51. The van der Waals surface area contributed by atoms with Crippen LogP contribution in [0.4, 0.5) is 5.69 Å². The number of fused-ring (bicyclic) bond motifs is 1. The van der Waals surface area contributed by atoms with Crippen molar-refractivity contribution in [2.24, 2.45) is 0 Å². The highest BCUT2D eigenvalue weighted by atomic mass is 32.2. The Morgan fingerprint density at radius 1 is 0.727 bits per heavy atom. The van der Waals surface area contributed by atoms with Crippen molar-refractivity contribution in [3.63, 3.8) is 0 Å². The third-order valence-corrected chi connectivity index (χ3v) is 6.82. The van der Waals surface area contributed by atoms with Crippen molar-refractivity contribution < 1.29 is 42.9 Å². The van der Waals surface area contributed by atoms with Crippen LogP contribution in [0.2, 0.25) is 0 Å². The molecular formula is C22H13NO9S. The maximum absolute atomic E-state index is 13.0. The number of aromatic hydroxyl groups is 1. The summed E-state index contributed by atoms with van der Waals surface area (Å²) in [6.45, 7) is 0. The van der Waals surface area contributed by atoms with E-state index in [1.54, 1.807) is 0 Å². The number of carboxylic acid groups (broad SMARTS) is 2. The van der Waals surface area contributed by atoms with E-state index >= 15 is 0 Å². The second kappa shape index (κ2) is 7.57. The molecule has 3 aromatic rings. The molecule has 0 saturated heterocycles. The van der Waals surface area contributed by atoms with Crippen LogP contribution in [-0.4, -0.2) is 47.5 Å². The third kappa shape index (κ3) is 3.49. The second-order valence-electron chi connectivity index (χ2n) is 6.99. The molecule has 1 heterocycles. The first-order valence-corrected chi connectivity index (χ1v) is 10.7. The normalized spacial score (nSPS) is 13.2. The summed E-state index contributed by atoms with van der Waals surface area (Å²) in [6, 6.07) is 11.0. The summed E-state index contributed by atoms with van der Waals surface area (Å²) >= 11 is 0. The maximum atomic E-state index is 13.0. The van der Waals surface area contributed by atoms with Gasteiger partial charge in [0.1, 0.15) is 11.3 Å². The van der Waals surface area contributed by atoms with Gasteiger partial charge in [0.05, 0.1) is 32.2 Å². The zero-order valence-electron chi connectivity index (χ0n) is 16.4. The Morgan fingerprint density at radius 2 is 1.33 bits per heavy atom. The number of rotatable bonds is 5. The first-order valence-electron chi connectivity index (χ1n) is 9.20. The fraction of sp³-hybridized carbons (Fsp3) is 0. The lowest BCUT2D eigenvalue weighted by molar-refractivity contribution is 0.0684. The van der Waals surface area contributed by atoms with Crippen molar-refractivity contribution in [3.05, 3.63) is 82.9 Å². The average molecular weight is 467 g/mol. The molecule has 0 unspecified atom stereocenters. The number of hydrogen-bond acceptors (Lipinski definition) is 7. The SMILES string of the molecule is O=C(O)c1ccc(S(=O)(=O)c2ccc3c(c2)C(=O)N(c2ccc(O)c(C(=O)O)c2)C3=O)cc1. The number of aromatic carboxylic acids is 2. The van der Waals surface area contributed by atoms with E-state index in [0.717, 1.165) is 48.5 Å². The fourth-order valence-corrected chi connectivity index (χ4v) is 4.66. The molecule has 1 aliphatic heterocycles. The minimum Gasteiger partial charge on any atom is -0.507 e. The van der Waals surface area contributed by atoms with Crippen LogP contribution in [-0.2, 0) is 9.84 Å². The molecule has 0 atom stereocenters. The lowest BCUT2D eigenvalue weighted by atomic mass is 10.1. The van der Waals surface area contributed by atoms with Gasteiger partial charge in [-0.3, -0.25) is 9.59 Å². The van der Waals surface area contributed by atoms with Gasteiger partial charge < -0.3 is 15.3 Å². The lowest BCUT2D eigenvalue weighted by Crippen LogP contribution is -2.29. The first-order chi connectivity index (χ1) is 15.5. The van der Waals surface area contributed by atoms with E-state index in [1.807, 2.05) is 0 Å². The highest BCUT2D eigenvalue weighted by molar-refractivity contribution is 7.91. The maximum Gasteiger partial charge on any atom is 0.339 e. The van der Waals surface area contributed by atoms with Crippen LogP contribution in [0, 0.1) is 0 Å². The van der Waals surface area contributed by atoms with E-state index < -0.39 is 44.9 Å². The number of imide groups is 1. The van der Waals surface area contributed by atoms with Crippen LogP contribution in [0.1, 0.15) is 41.4 Å². The molecule has 3 aromatic carbocycles. The predicted octanol–water partition coefficient (Wildman–Crippen LogP) is 2.42. The number of nitrogens with zero attached hydrogens (tertiary/aromatic N) is 1. The summed E-state index contributed by atoms with van der Waals surface area (Å²) in [5.41, 5.74) is -1.01. The van der Waals surface area contributed by atoms with Crippen LogP contribution in [0.25, 0.3) is 0 Å². The number of hydrogen-bond donors (Lipinski definition) is 3. The minimum absolute atomic E-state index is 0.0786. The Kier molecular flexibility index (Phi) is 4.98. The molecule has 10 nitrogen and oxygen atoms in total. The molecule has 2 amide bonds. The third-order valence-electron chi connectivity index (χ3n) is 5.05. The Labute approximate surface area is 185 Å². The molecule has 0 bridgehead atoms. The molecule has 1 aliphatic rings. The van der Waals surface area contributed by atoms with Crippen molar-refractivity contribution in [1.29, 1.82) is 0 Å². The van der Waals surface area contributed by atoms with Crippen LogP contribution in [0.5, 0.6) is 5.75 Å². The largest absolute Gasteiger partial charge is 0.507 e. The molecule has 0 spiro atoms. The number of carbonyl (C=O) groups excluding carboxylic acids is 2. The van der Waals surface area contributed by atoms with Crippen LogP contribution >= 0.6 is 0 Å². The van der Waals surface area contributed by atoms with Crippen LogP contribution in [0.3, 0.4) is 0 Å². The summed E-state index contributed by atoms with van der Waals surface area (Å²) in [4.78, 5) is 48.2. The molecule has 0 saturated carbocycles. The van der Waals surface area contributed by atoms with Crippen LogP contribution in [0.15, 0.2) is 70.5 Å². The standard InChI is InChI=1S/C22H13NO9S/c24-18-8-3-12(9-17(18)22(29)30)23-19(25)15-7-6-14(10-16(15)20(23)26)33(31,32)13-4-1-11(2-5-13)21(27)28/h1-10,24H,(H,27,28)(H,29,30). The first kappa shape index (κ1) is 21.7. The molecule has 3 N–H and O–H groups in total. The minimum atomic E-state index is -4.14. The van der Waals surface area contributed by atoms with Gasteiger partial charge in [-0.05, 0) is 60.7 Å². The Balaban J connectivity index is 1.74. The summed E-state index contributed by atoms with van der Waals surface area (Å²) in [6.07, 6.45) is 0. The van der Waals surface area contributed by atoms with Crippen molar-refractivity contribution in [3.8, 4) is 5.75 Å². The quantitative estimate of drug-likeness (QED) is 0.478. The zero-order chi connectivity index (χ0) is 24.1. The number of phenols is 1. The molecule has 4 rings (SSSR count). The van der Waals surface area contributed by atoms with E-state index in [-0.39, 0.29) is 32.2 Å². The number of carboxylic acids is 2. The smallest absolute Gasteiger partial charge is 0.339 e. The van der Waals surface area contributed by atoms with Gasteiger partial charge in [-0.15, -0.1) is 0 Å². The van der Waals surface area contributed by atoms with Gasteiger partial charge in [-0.2, -0.15) is 0 Å². The molecule has 0 aromatic heterocycles. The highest BCUT2D eigenvalue weighted by Gasteiger charge is 2.38. The van der Waals surface area contributed by atoms with Gasteiger partial charge in [-0.25, -0.2) is 22.9 Å². The molecule has 11 heteroatoms. The summed E-state index contributed by atoms with van der Waals surface area (Å²) in [5.74, 6) is -4.89. The van der Waals surface area contributed by atoms with Gasteiger partial charge in [0, 0.05) is 0 Å². The van der Waals surface area contributed by atoms with Crippen molar-refractivity contribution in [2.45, 2.75) is 9.79 Å². The molecule has 0 fully saturated rings. The summed E-state index contributed by atoms with van der Waals surface area (Å²) in [7, 11) is -4.14. The van der Waals surface area contributed by atoms with Crippen LogP contribution < -0.4 is 4.90 Å². The highest BCUT2D eigenvalue weighted by Crippen LogP contribution is 2.33. The Bertz CT molecular complexity index is 1470. The molecule has 33 heavy (non-hydrogen) atoms. The van der Waals surface area contributed by atoms with Gasteiger partial charge >= 0.3 is 11.9 Å². The molecule has 0 aliphatic carbocycles. The fourth-order valence-electron chi connectivity index (χ4n) is 3.37. The monoisotopic (exact) mass is 467 g/mol. The number of sulfone groups is 1. The number of benzene rings is 3. The molecule has 166 valence electrons. The summed E-state index contributed by atoms with van der Waals surface area (Å²) in [5, 5.41) is 27.8. The van der Waals surface area contributed by atoms with Crippen molar-refractivity contribution in [2.75, 3.05) is 4.90 Å². The topological polar surface area (TPSA) is 166 Å². The van der Waals surface area contributed by atoms with Crippen molar-refractivity contribution >= 4 is 39.3 Å². The Morgan fingerprint density at radius 3 is 1.94 bits per heavy atom. The predicted molar refractivity (Wildman–Crippen MR) is 112 cm³/mol. The van der Waals surface area contributed by atoms with E-state index in [2.05, 4.69) is 0 Å². The average Bonchev–Trinajstić information content (AvgIpc) is 3.03. The molecule has 0 radical (unpaired) electrons. The van der Waals surface area contributed by atoms with E-state index in [9.17, 15) is 37.8 Å². The number of anilines is 1. The van der Waals surface area contributed by atoms with E-state index in [1.165, 1.54) is 12.1 Å². The van der Waals surface area contributed by atoms with Crippen molar-refractivity contribution in [1.82, 2.24) is 0 Å². The van der Waals surface area contributed by atoms with Gasteiger partial charge in [0.25, 0.3) is 11.8 Å². The number of amides is 2. The lowest BCUT2D eigenvalue weighted by Gasteiger charge is -2.14. The van der Waals surface area contributed by atoms with Gasteiger partial charge in [-0.1, -0.05) is 0 Å².